The van der Waals surface area contributed by atoms with Crippen LogP contribution >= 0.6 is 11.6 Å². The zero-order chi connectivity index (χ0) is 11.3. The van der Waals surface area contributed by atoms with Crippen molar-refractivity contribution in [1.82, 2.24) is 19.2 Å². The molecule has 1 aliphatic rings. The third-order valence-electron chi connectivity index (χ3n) is 3.02. The fourth-order valence-corrected chi connectivity index (χ4v) is 2.24. The molecule has 1 fully saturated rings. The second-order valence-corrected chi connectivity index (χ2v) is 4.65. The van der Waals surface area contributed by atoms with Crippen molar-refractivity contribution in [2.45, 2.75) is 25.2 Å². The molecule has 0 unspecified atom stereocenters. The molecule has 1 saturated carbocycles. The van der Waals surface area contributed by atoms with Crippen LogP contribution in [0.1, 0.15) is 30.3 Å². The summed E-state index contributed by atoms with van der Waals surface area (Å²) >= 11 is 6.22. The van der Waals surface area contributed by atoms with Gasteiger partial charge in [0.25, 0.3) is 0 Å². The van der Waals surface area contributed by atoms with Crippen molar-refractivity contribution in [2.75, 3.05) is 6.54 Å². The van der Waals surface area contributed by atoms with Crippen LogP contribution in [0.3, 0.4) is 0 Å². The van der Waals surface area contributed by atoms with E-state index in [1.807, 2.05) is 11.6 Å². The van der Waals surface area contributed by atoms with Crippen LogP contribution in [0.15, 0.2) is 0 Å². The first-order valence-electron chi connectivity index (χ1n) is 5.52. The first-order chi connectivity index (χ1) is 7.72. The summed E-state index contributed by atoms with van der Waals surface area (Å²) in [6.45, 7) is 0.555. The number of hydrogen-bond acceptors (Lipinski definition) is 3. The summed E-state index contributed by atoms with van der Waals surface area (Å²) in [6, 6.07) is 0. The number of rotatable bonds is 3. The Morgan fingerprint density at radius 2 is 2.25 bits per heavy atom. The van der Waals surface area contributed by atoms with Crippen molar-refractivity contribution in [1.29, 1.82) is 0 Å². The van der Waals surface area contributed by atoms with Gasteiger partial charge in [-0.1, -0.05) is 11.6 Å². The van der Waals surface area contributed by atoms with Gasteiger partial charge in [-0.25, -0.2) is 4.98 Å². The quantitative estimate of drug-likeness (QED) is 0.873. The standard InChI is InChI=1S/C10H14ClN5/c1-15-9(6-2-3-6)14-16-8(11)7(4-5-12)13-10(15)16/h6H,2-5,12H2,1H3. The monoisotopic (exact) mass is 239 g/mol. The molecule has 0 amide bonds. The summed E-state index contributed by atoms with van der Waals surface area (Å²) in [5, 5.41) is 5.12. The number of nitrogens with zero attached hydrogens (tertiary/aromatic N) is 4. The maximum atomic E-state index is 6.22. The van der Waals surface area contributed by atoms with Gasteiger partial charge < -0.3 is 5.73 Å². The molecule has 0 bridgehead atoms. The van der Waals surface area contributed by atoms with E-state index in [4.69, 9.17) is 17.3 Å². The van der Waals surface area contributed by atoms with Gasteiger partial charge in [0.1, 0.15) is 5.82 Å². The molecular weight excluding hydrogens is 226 g/mol. The van der Waals surface area contributed by atoms with Gasteiger partial charge in [0.05, 0.1) is 5.69 Å². The van der Waals surface area contributed by atoms with Gasteiger partial charge in [0.15, 0.2) is 5.15 Å². The molecule has 0 aromatic carbocycles. The molecule has 1 aliphatic carbocycles. The van der Waals surface area contributed by atoms with Crippen LogP contribution in [0.25, 0.3) is 5.78 Å². The minimum absolute atomic E-state index is 0.555. The fourth-order valence-electron chi connectivity index (χ4n) is 1.99. The molecule has 2 heterocycles. The Balaban J connectivity index is 2.14. The maximum absolute atomic E-state index is 6.22. The third-order valence-corrected chi connectivity index (χ3v) is 3.40. The lowest BCUT2D eigenvalue weighted by molar-refractivity contribution is 0.794. The van der Waals surface area contributed by atoms with Crippen molar-refractivity contribution in [2.24, 2.45) is 12.8 Å². The lowest BCUT2D eigenvalue weighted by Gasteiger charge is -1.96. The number of aromatic nitrogens is 4. The lowest BCUT2D eigenvalue weighted by atomic mass is 10.3. The second-order valence-electron chi connectivity index (χ2n) is 4.29. The van der Waals surface area contributed by atoms with E-state index in [9.17, 15) is 0 Å². The van der Waals surface area contributed by atoms with Crippen molar-refractivity contribution < 1.29 is 0 Å². The molecule has 2 aromatic rings. The first kappa shape index (κ1) is 10.1. The van der Waals surface area contributed by atoms with E-state index in [-0.39, 0.29) is 0 Å². The maximum Gasteiger partial charge on any atom is 0.233 e. The van der Waals surface area contributed by atoms with Gasteiger partial charge >= 0.3 is 0 Å². The number of halogens is 1. The van der Waals surface area contributed by atoms with Crippen LogP contribution < -0.4 is 5.73 Å². The van der Waals surface area contributed by atoms with Crippen LogP contribution in [-0.2, 0) is 13.5 Å². The van der Waals surface area contributed by atoms with Crippen LogP contribution in [0.4, 0.5) is 0 Å². The van der Waals surface area contributed by atoms with Crippen molar-refractivity contribution in [3.05, 3.63) is 16.7 Å². The molecule has 0 atom stereocenters. The van der Waals surface area contributed by atoms with E-state index >= 15 is 0 Å². The zero-order valence-electron chi connectivity index (χ0n) is 9.15. The molecule has 5 nitrogen and oxygen atoms in total. The predicted octanol–water partition coefficient (Wildman–Crippen LogP) is 1.10. The predicted molar refractivity (Wildman–Crippen MR) is 61.7 cm³/mol. The minimum atomic E-state index is 0.555. The minimum Gasteiger partial charge on any atom is -0.330 e. The van der Waals surface area contributed by atoms with E-state index in [1.165, 1.54) is 12.8 Å². The smallest absolute Gasteiger partial charge is 0.233 e. The van der Waals surface area contributed by atoms with E-state index in [0.29, 0.717) is 24.0 Å². The SMILES string of the molecule is Cn1c(C2CC2)nn2c(Cl)c(CCN)nc12. The molecule has 3 rings (SSSR count). The van der Waals surface area contributed by atoms with E-state index in [2.05, 4.69) is 10.1 Å². The molecule has 6 heteroatoms. The Labute approximate surface area is 98.2 Å². The summed E-state index contributed by atoms with van der Waals surface area (Å²) in [6.07, 6.45) is 3.14. The Morgan fingerprint density at radius 3 is 2.81 bits per heavy atom. The van der Waals surface area contributed by atoms with E-state index < -0.39 is 0 Å². The topological polar surface area (TPSA) is 61.1 Å². The second kappa shape index (κ2) is 3.46. The molecule has 86 valence electrons. The van der Waals surface area contributed by atoms with E-state index in [0.717, 1.165) is 17.3 Å². The Bertz CT molecular complexity index is 537. The highest BCUT2D eigenvalue weighted by Crippen LogP contribution is 2.39. The Hall–Kier alpha value is -1.07. The average Bonchev–Trinajstić information content (AvgIpc) is 2.99. The first-order valence-corrected chi connectivity index (χ1v) is 5.90. The highest BCUT2D eigenvalue weighted by Gasteiger charge is 2.30. The van der Waals surface area contributed by atoms with Crippen LogP contribution in [-0.4, -0.2) is 25.7 Å². The number of nitrogens with two attached hydrogens (primary N) is 1. The lowest BCUT2D eigenvalue weighted by Crippen LogP contribution is -2.04. The number of aryl methyl sites for hydroxylation is 1. The Morgan fingerprint density at radius 1 is 1.50 bits per heavy atom. The molecule has 0 spiro atoms. The zero-order valence-corrected chi connectivity index (χ0v) is 9.91. The van der Waals surface area contributed by atoms with Crippen molar-refractivity contribution in [3.8, 4) is 0 Å². The number of fused-ring (bicyclic) bond motifs is 1. The molecule has 2 N–H and O–H groups in total. The van der Waals surface area contributed by atoms with E-state index in [1.54, 1.807) is 4.52 Å². The van der Waals surface area contributed by atoms with Crippen LogP contribution in [0.2, 0.25) is 5.15 Å². The number of hydrogen-bond donors (Lipinski definition) is 1. The summed E-state index contributed by atoms with van der Waals surface area (Å²) in [5.41, 5.74) is 6.35. The van der Waals surface area contributed by atoms with Gasteiger partial charge in [-0.2, -0.15) is 9.61 Å². The molecule has 2 aromatic heterocycles. The van der Waals surface area contributed by atoms with Crippen molar-refractivity contribution in [3.63, 3.8) is 0 Å². The van der Waals surface area contributed by atoms with Gasteiger partial charge in [0.2, 0.25) is 5.78 Å². The third kappa shape index (κ3) is 1.35. The normalized spacial score (nSPS) is 16.2. The van der Waals surface area contributed by atoms with Crippen LogP contribution in [0.5, 0.6) is 0 Å². The highest BCUT2D eigenvalue weighted by atomic mass is 35.5. The summed E-state index contributed by atoms with van der Waals surface area (Å²) < 4.78 is 3.75. The van der Waals surface area contributed by atoms with Gasteiger partial charge in [-0.05, 0) is 19.4 Å². The number of imidazole rings is 1. The summed E-state index contributed by atoms with van der Waals surface area (Å²) in [7, 11) is 1.99. The highest BCUT2D eigenvalue weighted by molar-refractivity contribution is 6.30. The molecule has 0 saturated heterocycles. The van der Waals surface area contributed by atoms with Crippen LogP contribution in [0, 0.1) is 0 Å². The summed E-state index contributed by atoms with van der Waals surface area (Å²) in [5.74, 6) is 2.50. The average molecular weight is 240 g/mol. The molecule has 0 radical (unpaired) electrons. The summed E-state index contributed by atoms with van der Waals surface area (Å²) in [4.78, 5) is 4.48. The van der Waals surface area contributed by atoms with Gasteiger partial charge in [-0.15, -0.1) is 0 Å². The largest absolute Gasteiger partial charge is 0.330 e. The molecule has 0 aliphatic heterocycles. The van der Waals surface area contributed by atoms with Crippen molar-refractivity contribution >= 4 is 17.4 Å². The molecule has 16 heavy (non-hydrogen) atoms. The Kier molecular flexibility index (Phi) is 2.19. The van der Waals surface area contributed by atoms with Gasteiger partial charge in [-0.3, -0.25) is 4.57 Å². The van der Waals surface area contributed by atoms with Gasteiger partial charge in [0, 0.05) is 19.4 Å². The fraction of sp³-hybridized carbons (Fsp3) is 0.600. The molecular formula is C10H14ClN5.